The Hall–Kier alpha value is -2.49. The van der Waals surface area contributed by atoms with E-state index >= 15 is 0 Å². The van der Waals surface area contributed by atoms with Crippen LogP contribution in [0.4, 0.5) is 5.69 Å². The van der Waals surface area contributed by atoms with Crippen LogP contribution in [0.3, 0.4) is 0 Å². The third kappa shape index (κ3) is 5.37. The number of anilines is 1. The van der Waals surface area contributed by atoms with E-state index in [1.165, 1.54) is 39.5 Å². The summed E-state index contributed by atoms with van der Waals surface area (Å²) in [5.41, 5.74) is 1.96. The molecule has 0 saturated carbocycles. The summed E-state index contributed by atoms with van der Waals surface area (Å²) in [5.74, 6) is -0.278. The summed E-state index contributed by atoms with van der Waals surface area (Å²) in [6.45, 7) is 8.37. The molecule has 1 atom stereocenters. The fourth-order valence-corrected chi connectivity index (χ4v) is 6.55. The second-order valence-electron chi connectivity index (χ2n) is 8.26. The first-order valence-corrected chi connectivity index (χ1v) is 14.1. The van der Waals surface area contributed by atoms with Crippen LogP contribution in [0.15, 0.2) is 64.9 Å². The van der Waals surface area contributed by atoms with Gasteiger partial charge in [0.25, 0.3) is 5.91 Å². The van der Waals surface area contributed by atoms with E-state index in [0.717, 1.165) is 11.0 Å². The smallest absolute Gasteiger partial charge is 0.258 e. The molecular weight excluding hydrogens is 460 g/mol. The summed E-state index contributed by atoms with van der Waals surface area (Å²) < 4.78 is 51.0. The van der Waals surface area contributed by atoms with Crippen LogP contribution in [0.1, 0.15) is 49.5 Å². The van der Waals surface area contributed by atoms with Crippen molar-refractivity contribution in [3.8, 4) is 0 Å². The van der Waals surface area contributed by atoms with Crippen LogP contribution in [0, 0.1) is 0 Å². The first kappa shape index (κ1) is 25.1. The Morgan fingerprint density at radius 3 is 2.03 bits per heavy atom. The number of carbonyl (C=O) groups is 1. The van der Waals surface area contributed by atoms with Crippen molar-refractivity contribution >= 4 is 31.5 Å². The van der Waals surface area contributed by atoms with Crippen LogP contribution in [0.5, 0.6) is 0 Å². The maximum atomic E-state index is 13.5. The number of nitrogens with zero attached hydrogens (tertiary/aromatic N) is 2. The maximum Gasteiger partial charge on any atom is 0.258 e. The summed E-state index contributed by atoms with van der Waals surface area (Å²) in [4.78, 5) is 15.1. The van der Waals surface area contributed by atoms with Crippen LogP contribution in [0.25, 0.3) is 0 Å². The highest BCUT2D eigenvalue weighted by atomic mass is 32.2. The minimum absolute atomic E-state index is 0.110. The Morgan fingerprint density at radius 1 is 1.00 bits per heavy atom. The Bertz CT molecular complexity index is 1230. The number of sulfonamides is 1. The molecule has 2 aromatic rings. The third-order valence-corrected chi connectivity index (χ3v) is 9.19. The lowest BCUT2D eigenvalue weighted by Gasteiger charge is -2.28. The number of sulfone groups is 1. The zero-order valence-corrected chi connectivity index (χ0v) is 20.9. The van der Waals surface area contributed by atoms with Gasteiger partial charge in [-0.05, 0) is 54.0 Å². The van der Waals surface area contributed by atoms with Gasteiger partial charge in [-0.3, -0.25) is 4.79 Å². The molecule has 7 nitrogen and oxygen atoms in total. The van der Waals surface area contributed by atoms with E-state index < -0.39 is 31.8 Å². The molecule has 0 radical (unpaired) electrons. The van der Waals surface area contributed by atoms with Gasteiger partial charge in [-0.15, -0.1) is 0 Å². The van der Waals surface area contributed by atoms with Crippen molar-refractivity contribution in [2.45, 2.75) is 44.6 Å². The van der Waals surface area contributed by atoms with Gasteiger partial charge in [0.15, 0.2) is 9.84 Å². The molecule has 33 heavy (non-hydrogen) atoms. The molecular formula is C24H30N2O5S2. The lowest BCUT2D eigenvalue weighted by molar-refractivity contribution is 0.0983. The molecule has 1 aliphatic rings. The van der Waals surface area contributed by atoms with Crippen molar-refractivity contribution in [2.24, 2.45) is 0 Å². The van der Waals surface area contributed by atoms with E-state index in [4.69, 9.17) is 0 Å². The van der Waals surface area contributed by atoms with E-state index in [1.54, 1.807) is 13.8 Å². The summed E-state index contributed by atoms with van der Waals surface area (Å²) >= 11 is 0. The van der Waals surface area contributed by atoms with Crippen LogP contribution in [-0.4, -0.2) is 51.9 Å². The highest BCUT2D eigenvalue weighted by molar-refractivity contribution is 7.94. The minimum Gasteiger partial charge on any atom is -0.300 e. The highest BCUT2D eigenvalue weighted by Crippen LogP contribution is 2.27. The second kappa shape index (κ2) is 9.79. The van der Waals surface area contributed by atoms with Crippen LogP contribution in [0.2, 0.25) is 0 Å². The molecule has 9 heteroatoms. The fraction of sp³-hybridized carbons (Fsp3) is 0.375. The second-order valence-corrected chi connectivity index (χ2v) is 12.1. The monoisotopic (exact) mass is 490 g/mol. The summed E-state index contributed by atoms with van der Waals surface area (Å²) in [5, 5.41) is 1.14. The van der Waals surface area contributed by atoms with E-state index in [2.05, 4.69) is 13.8 Å². The number of carbonyl (C=O) groups excluding carboxylic acids is 1. The normalized spacial score (nSPS) is 17.6. The fourth-order valence-electron chi connectivity index (χ4n) is 3.82. The number of hydrogen-bond donors (Lipinski definition) is 0. The average Bonchev–Trinajstić information content (AvgIpc) is 3.14. The number of benzene rings is 2. The molecule has 0 N–H and O–H groups in total. The van der Waals surface area contributed by atoms with Crippen molar-refractivity contribution in [1.82, 2.24) is 4.31 Å². The maximum absolute atomic E-state index is 13.5. The molecule has 3 rings (SSSR count). The van der Waals surface area contributed by atoms with Gasteiger partial charge in [-0.25, -0.2) is 16.8 Å². The van der Waals surface area contributed by atoms with E-state index in [-0.39, 0.29) is 16.2 Å². The Kier molecular flexibility index (Phi) is 7.45. The molecule has 1 heterocycles. The number of rotatable bonds is 8. The van der Waals surface area contributed by atoms with Gasteiger partial charge < -0.3 is 4.90 Å². The summed E-state index contributed by atoms with van der Waals surface area (Å²) in [7, 11) is -7.03. The van der Waals surface area contributed by atoms with E-state index in [9.17, 15) is 21.6 Å². The van der Waals surface area contributed by atoms with Crippen molar-refractivity contribution in [2.75, 3.05) is 23.7 Å². The molecule has 0 aliphatic carbocycles. The van der Waals surface area contributed by atoms with Gasteiger partial charge in [0, 0.05) is 29.7 Å². The summed E-state index contributed by atoms with van der Waals surface area (Å²) in [6, 6.07) is 12.6. The topological polar surface area (TPSA) is 91.8 Å². The van der Waals surface area contributed by atoms with Gasteiger partial charge in [0.05, 0.1) is 16.7 Å². The molecule has 0 unspecified atom stereocenters. The largest absolute Gasteiger partial charge is 0.300 e. The van der Waals surface area contributed by atoms with E-state index in [1.807, 2.05) is 24.3 Å². The Labute approximate surface area is 196 Å². The molecule has 0 bridgehead atoms. The molecule has 0 aromatic heterocycles. The Morgan fingerprint density at radius 2 is 1.58 bits per heavy atom. The average molecular weight is 491 g/mol. The lowest BCUT2D eigenvalue weighted by Crippen LogP contribution is -2.41. The molecule has 0 saturated heterocycles. The first-order chi connectivity index (χ1) is 15.5. The highest BCUT2D eigenvalue weighted by Gasteiger charge is 2.32. The van der Waals surface area contributed by atoms with Crippen LogP contribution >= 0.6 is 0 Å². The molecule has 0 fully saturated rings. The Balaban J connectivity index is 1.97. The van der Waals surface area contributed by atoms with Gasteiger partial charge in [-0.1, -0.05) is 39.8 Å². The zero-order chi connectivity index (χ0) is 24.4. The van der Waals surface area contributed by atoms with Crippen LogP contribution < -0.4 is 4.90 Å². The molecule has 2 aromatic carbocycles. The van der Waals surface area contributed by atoms with Gasteiger partial charge in [-0.2, -0.15) is 4.31 Å². The first-order valence-electron chi connectivity index (χ1n) is 10.9. The third-order valence-electron chi connectivity index (χ3n) is 5.74. The number of amides is 1. The lowest BCUT2D eigenvalue weighted by atomic mass is 10.0. The quantitative estimate of drug-likeness (QED) is 0.561. The van der Waals surface area contributed by atoms with Gasteiger partial charge >= 0.3 is 0 Å². The predicted molar refractivity (Wildman–Crippen MR) is 131 cm³/mol. The van der Waals surface area contributed by atoms with E-state index in [0.29, 0.717) is 24.7 Å². The molecule has 1 aliphatic heterocycles. The minimum atomic E-state index is -3.64. The van der Waals surface area contributed by atoms with Crippen molar-refractivity contribution < 1.29 is 21.6 Å². The van der Waals surface area contributed by atoms with Crippen LogP contribution in [-0.2, 0) is 19.9 Å². The zero-order valence-electron chi connectivity index (χ0n) is 19.3. The standard InChI is InChI=1S/C24H30N2O5S2/c1-5-25(6-2)33(30,31)23-13-9-20(10-14-23)24(27)26(22-15-16-32(28,29)17-22)21-11-7-19(8-12-21)18(3)4/h7-16,18,22H,5-6,17H2,1-4H3/t22-/m1/s1. The predicted octanol–water partition coefficient (Wildman–Crippen LogP) is 3.80. The van der Waals surface area contributed by atoms with Gasteiger partial charge in [0.1, 0.15) is 0 Å². The van der Waals surface area contributed by atoms with Gasteiger partial charge in [0.2, 0.25) is 10.0 Å². The molecule has 1 amide bonds. The van der Waals surface area contributed by atoms with Crippen molar-refractivity contribution in [3.63, 3.8) is 0 Å². The van der Waals surface area contributed by atoms with Crippen molar-refractivity contribution in [3.05, 3.63) is 71.1 Å². The van der Waals surface area contributed by atoms with Crippen molar-refractivity contribution in [1.29, 1.82) is 0 Å². The SMILES string of the molecule is CCN(CC)S(=O)(=O)c1ccc(C(=O)N(c2ccc(C(C)C)cc2)[C@@H]2C=CS(=O)(=O)C2)cc1. The summed E-state index contributed by atoms with van der Waals surface area (Å²) in [6.07, 6.45) is 1.52. The molecule has 0 spiro atoms. The molecule has 178 valence electrons. The number of hydrogen-bond acceptors (Lipinski definition) is 5.